The third-order valence-corrected chi connectivity index (χ3v) is 4.51. The minimum absolute atomic E-state index is 0.266. The maximum Gasteiger partial charge on any atom is 0.222 e. The molecule has 0 aliphatic heterocycles. The quantitative estimate of drug-likeness (QED) is 0.791. The first-order chi connectivity index (χ1) is 8.99. The topological polar surface area (TPSA) is 20.3 Å². The van der Waals surface area contributed by atoms with E-state index in [1.54, 1.807) is 0 Å². The van der Waals surface area contributed by atoms with Crippen molar-refractivity contribution in [1.82, 2.24) is 4.90 Å². The van der Waals surface area contributed by atoms with Gasteiger partial charge in [0.2, 0.25) is 5.91 Å². The van der Waals surface area contributed by atoms with Crippen LogP contribution < -0.4 is 0 Å². The van der Waals surface area contributed by atoms with Gasteiger partial charge >= 0.3 is 0 Å². The van der Waals surface area contributed by atoms with Crippen LogP contribution in [0.3, 0.4) is 0 Å². The van der Waals surface area contributed by atoms with E-state index in [-0.39, 0.29) is 11.3 Å². The van der Waals surface area contributed by atoms with E-state index in [2.05, 4.69) is 51.1 Å². The molecule has 19 heavy (non-hydrogen) atoms. The van der Waals surface area contributed by atoms with Crippen LogP contribution in [0.4, 0.5) is 0 Å². The lowest BCUT2D eigenvalue weighted by Gasteiger charge is -2.27. The van der Waals surface area contributed by atoms with Crippen LogP contribution in [0, 0.1) is 5.92 Å². The monoisotopic (exact) mass is 259 g/mol. The average Bonchev–Trinajstić information content (AvgIpc) is 3.08. The number of carbonyl (C=O) groups excluding carboxylic acids is 1. The van der Waals surface area contributed by atoms with Crippen LogP contribution in [0.2, 0.25) is 0 Å². The van der Waals surface area contributed by atoms with Gasteiger partial charge in [0, 0.05) is 19.0 Å². The lowest BCUT2D eigenvalue weighted by atomic mass is 9.95. The molecule has 1 amide bonds. The summed E-state index contributed by atoms with van der Waals surface area (Å²) in [6, 6.07) is 11.0. The maximum absolute atomic E-state index is 12.0. The van der Waals surface area contributed by atoms with Crippen molar-refractivity contribution < 1.29 is 4.79 Å². The second-order valence-corrected chi connectivity index (χ2v) is 6.18. The molecule has 0 N–H and O–H groups in total. The first-order valence-corrected chi connectivity index (χ1v) is 7.34. The van der Waals surface area contributed by atoms with Gasteiger partial charge < -0.3 is 4.90 Å². The summed E-state index contributed by atoms with van der Waals surface area (Å²) >= 11 is 0. The zero-order valence-corrected chi connectivity index (χ0v) is 12.5. The number of benzene rings is 1. The smallest absolute Gasteiger partial charge is 0.222 e. The number of hydrogen-bond donors (Lipinski definition) is 0. The average molecular weight is 259 g/mol. The van der Waals surface area contributed by atoms with Crippen LogP contribution in [0.5, 0.6) is 0 Å². The van der Waals surface area contributed by atoms with Crippen molar-refractivity contribution in [2.75, 3.05) is 6.54 Å². The minimum Gasteiger partial charge on any atom is -0.340 e. The second kappa shape index (κ2) is 5.36. The van der Waals surface area contributed by atoms with Crippen molar-refractivity contribution in [1.29, 1.82) is 0 Å². The zero-order chi connectivity index (χ0) is 14.0. The Bertz CT molecular complexity index is 440. The molecule has 0 bridgehead atoms. The largest absolute Gasteiger partial charge is 0.340 e. The Morgan fingerprint density at radius 3 is 2.53 bits per heavy atom. The van der Waals surface area contributed by atoms with Crippen LogP contribution in [0.15, 0.2) is 30.3 Å². The predicted molar refractivity (Wildman–Crippen MR) is 79.0 cm³/mol. The Labute approximate surface area is 116 Å². The molecule has 0 aromatic heterocycles. The number of hydrogen-bond acceptors (Lipinski definition) is 1. The van der Waals surface area contributed by atoms with Crippen LogP contribution in [0.1, 0.15) is 46.1 Å². The van der Waals surface area contributed by atoms with E-state index in [0.717, 1.165) is 6.54 Å². The lowest BCUT2D eigenvalue weighted by molar-refractivity contribution is -0.132. The fourth-order valence-electron chi connectivity index (χ4n) is 2.93. The molecule has 2 heteroatoms. The minimum atomic E-state index is 0.266. The normalized spacial score (nSPS) is 25.4. The van der Waals surface area contributed by atoms with Crippen LogP contribution in [0.25, 0.3) is 0 Å². The van der Waals surface area contributed by atoms with E-state index in [1.165, 1.54) is 12.0 Å². The van der Waals surface area contributed by atoms with Gasteiger partial charge in [0.1, 0.15) is 0 Å². The molecule has 1 aliphatic rings. The second-order valence-electron chi connectivity index (χ2n) is 6.18. The summed E-state index contributed by atoms with van der Waals surface area (Å²) in [5.41, 5.74) is 1.68. The van der Waals surface area contributed by atoms with Gasteiger partial charge in [-0.05, 0) is 37.2 Å². The Hall–Kier alpha value is -1.31. The van der Waals surface area contributed by atoms with Gasteiger partial charge in [0.05, 0.1) is 0 Å². The van der Waals surface area contributed by atoms with E-state index in [9.17, 15) is 4.79 Å². The third-order valence-electron chi connectivity index (χ3n) is 4.51. The number of carbonyl (C=O) groups is 1. The molecule has 0 radical (unpaired) electrons. The van der Waals surface area contributed by atoms with E-state index < -0.39 is 0 Å². The molecule has 2 atom stereocenters. The number of rotatable bonds is 5. The Kier molecular flexibility index (Phi) is 3.98. The van der Waals surface area contributed by atoms with Gasteiger partial charge in [0.15, 0.2) is 0 Å². The summed E-state index contributed by atoms with van der Waals surface area (Å²) in [4.78, 5) is 14.0. The van der Waals surface area contributed by atoms with Crippen molar-refractivity contribution in [2.24, 2.45) is 5.92 Å². The molecule has 1 fully saturated rings. The van der Waals surface area contributed by atoms with Gasteiger partial charge in [-0.1, -0.05) is 44.2 Å². The van der Waals surface area contributed by atoms with Crippen LogP contribution in [-0.2, 0) is 10.2 Å². The van der Waals surface area contributed by atoms with Crippen molar-refractivity contribution in [3.05, 3.63) is 35.9 Å². The molecule has 1 saturated carbocycles. The summed E-state index contributed by atoms with van der Waals surface area (Å²) in [6.45, 7) is 9.38. The Morgan fingerprint density at radius 2 is 2.00 bits per heavy atom. The highest BCUT2D eigenvalue weighted by Gasteiger charge is 2.51. The lowest BCUT2D eigenvalue weighted by Crippen LogP contribution is -2.38. The maximum atomic E-state index is 12.0. The van der Waals surface area contributed by atoms with Crippen molar-refractivity contribution in [3.8, 4) is 0 Å². The van der Waals surface area contributed by atoms with E-state index in [1.807, 2.05) is 11.8 Å². The fraction of sp³-hybridized carbons (Fsp3) is 0.588. The van der Waals surface area contributed by atoms with Crippen molar-refractivity contribution in [3.63, 3.8) is 0 Å². The Balaban J connectivity index is 2.04. The molecule has 2 rings (SSSR count). The molecule has 104 valence electrons. The molecule has 2 unspecified atom stereocenters. The molecule has 0 saturated heterocycles. The first-order valence-electron chi connectivity index (χ1n) is 7.34. The fourth-order valence-corrected chi connectivity index (χ4v) is 2.93. The zero-order valence-electron chi connectivity index (χ0n) is 12.5. The van der Waals surface area contributed by atoms with Crippen molar-refractivity contribution in [2.45, 2.75) is 52.0 Å². The summed E-state index contributed by atoms with van der Waals surface area (Å²) in [5.74, 6) is 0.880. The molecule has 1 aromatic carbocycles. The molecule has 1 aliphatic carbocycles. The van der Waals surface area contributed by atoms with Gasteiger partial charge in [-0.3, -0.25) is 4.79 Å². The van der Waals surface area contributed by atoms with E-state index >= 15 is 0 Å². The number of nitrogens with zero attached hydrogens (tertiary/aromatic N) is 1. The van der Waals surface area contributed by atoms with Crippen LogP contribution in [-0.4, -0.2) is 23.4 Å². The van der Waals surface area contributed by atoms with E-state index in [0.29, 0.717) is 18.4 Å². The molecular formula is C17H25NO. The molecule has 2 nitrogen and oxygen atoms in total. The van der Waals surface area contributed by atoms with E-state index in [4.69, 9.17) is 0 Å². The van der Waals surface area contributed by atoms with Crippen LogP contribution >= 0.6 is 0 Å². The SMILES string of the molecule is CCC(=O)N(CC1CC1(C)c1ccccc1)C(C)C. The Morgan fingerprint density at radius 1 is 1.37 bits per heavy atom. The van der Waals surface area contributed by atoms with Gasteiger partial charge in [-0.15, -0.1) is 0 Å². The number of amides is 1. The molecule has 1 aromatic rings. The van der Waals surface area contributed by atoms with Crippen molar-refractivity contribution >= 4 is 5.91 Å². The van der Waals surface area contributed by atoms with Gasteiger partial charge in [-0.25, -0.2) is 0 Å². The molecular weight excluding hydrogens is 234 g/mol. The highest BCUT2D eigenvalue weighted by Crippen LogP contribution is 2.54. The summed E-state index contributed by atoms with van der Waals surface area (Å²) in [6.07, 6.45) is 1.80. The van der Waals surface area contributed by atoms with Gasteiger partial charge in [-0.2, -0.15) is 0 Å². The summed E-state index contributed by atoms with van der Waals surface area (Å²) in [5, 5.41) is 0. The summed E-state index contributed by atoms with van der Waals surface area (Å²) < 4.78 is 0. The predicted octanol–water partition coefficient (Wildman–Crippen LogP) is 3.61. The summed E-state index contributed by atoms with van der Waals surface area (Å²) in [7, 11) is 0. The third kappa shape index (κ3) is 2.83. The molecule has 0 spiro atoms. The first kappa shape index (κ1) is 14.1. The highest BCUT2D eigenvalue weighted by atomic mass is 16.2. The highest BCUT2D eigenvalue weighted by molar-refractivity contribution is 5.76. The standard InChI is InChI=1S/C17H25NO/c1-5-16(19)18(13(2)3)12-15-11-17(15,4)14-9-7-6-8-10-14/h6-10,13,15H,5,11-12H2,1-4H3. The molecule has 0 heterocycles. The van der Waals surface area contributed by atoms with Gasteiger partial charge in [0.25, 0.3) is 0 Å².